The third kappa shape index (κ3) is 2.22. The molecule has 0 N–H and O–H groups in total. The summed E-state index contributed by atoms with van der Waals surface area (Å²) < 4.78 is 1.73. The topological polar surface area (TPSA) is 60.7 Å². The first-order chi connectivity index (χ1) is 8.11. The maximum atomic E-state index is 12.2. The van der Waals surface area contributed by atoms with Gasteiger partial charge in [0.15, 0.2) is 5.78 Å². The molecule has 0 bridgehead atoms. The maximum absolute atomic E-state index is 12.2. The van der Waals surface area contributed by atoms with Gasteiger partial charge in [-0.25, -0.2) is 0 Å². The van der Waals surface area contributed by atoms with E-state index in [1.807, 2.05) is 13.8 Å². The lowest BCUT2D eigenvalue weighted by molar-refractivity contribution is 0.103. The highest BCUT2D eigenvalue weighted by atomic mass is 16.1. The van der Waals surface area contributed by atoms with Crippen LogP contribution in [0, 0.1) is 13.8 Å². The molecular weight excluding hydrogens is 216 g/mol. The molecule has 0 unspecified atom stereocenters. The summed E-state index contributed by atoms with van der Waals surface area (Å²) >= 11 is 0. The fourth-order valence-corrected chi connectivity index (χ4v) is 1.59. The van der Waals surface area contributed by atoms with Gasteiger partial charge in [-0.15, -0.1) is 0 Å². The lowest BCUT2D eigenvalue weighted by Gasteiger charge is -2.02. The summed E-state index contributed by atoms with van der Waals surface area (Å²) in [4.78, 5) is 12.2. The van der Waals surface area contributed by atoms with Crippen molar-refractivity contribution in [2.24, 2.45) is 0 Å². The van der Waals surface area contributed by atoms with E-state index in [2.05, 4.69) is 15.3 Å². The van der Waals surface area contributed by atoms with Gasteiger partial charge in [-0.1, -0.05) is 0 Å². The van der Waals surface area contributed by atoms with Gasteiger partial charge in [0.05, 0.1) is 23.1 Å². The van der Waals surface area contributed by atoms with Crippen molar-refractivity contribution in [1.29, 1.82) is 0 Å². The standard InChI is InChI=1S/C12H14N4O/c1-4-16-7-10(6-13-16)12(17)11-5-8(2)14-15-9(11)3/h5-7H,4H2,1-3H3. The zero-order chi connectivity index (χ0) is 12.4. The van der Waals surface area contributed by atoms with Gasteiger partial charge >= 0.3 is 0 Å². The molecule has 0 atom stereocenters. The number of ketones is 1. The molecule has 0 aliphatic heterocycles. The van der Waals surface area contributed by atoms with Gasteiger partial charge in [-0.05, 0) is 26.8 Å². The molecule has 17 heavy (non-hydrogen) atoms. The fourth-order valence-electron chi connectivity index (χ4n) is 1.59. The number of hydrogen-bond acceptors (Lipinski definition) is 4. The Morgan fingerprint density at radius 3 is 2.76 bits per heavy atom. The quantitative estimate of drug-likeness (QED) is 0.750. The fraction of sp³-hybridized carbons (Fsp3) is 0.333. The van der Waals surface area contributed by atoms with Crippen LogP contribution in [0.3, 0.4) is 0 Å². The van der Waals surface area contributed by atoms with Crippen LogP contribution in [-0.2, 0) is 6.54 Å². The molecule has 0 fully saturated rings. The van der Waals surface area contributed by atoms with Crippen LogP contribution in [0.15, 0.2) is 18.5 Å². The van der Waals surface area contributed by atoms with E-state index in [1.165, 1.54) is 0 Å². The van der Waals surface area contributed by atoms with Crippen molar-refractivity contribution in [3.63, 3.8) is 0 Å². The summed E-state index contributed by atoms with van der Waals surface area (Å²) in [7, 11) is 0. The summed E-state index contributed by atoms with van der Waals surface area (Å²) in [5.74, 6) is -0.0554. The highest BCUT2D eigenvalue weighted by molar-refractivity contribution is 6.09. The van der Waals surface area contributed by atoms with Gasteiger partial charge in [0, 0.05) is 18.3 Å². The molecule has 0 radical (unpaired) electrons. The maximum Gasteiger partial charge on any atom is 0.198 e. The average Bonchev–Trinajstić information content (AvgIpc) is 2.80. The van der Waals surface area contributed by atoms with Crippen molar-refractivity contribution in [2.75, 3.05) is 0 Å². The second-order valence-electron chi connectivity index (χ2n) is 3.90. The number of aryl methyl sites for hydroxylation is 3. The van der Waals surface area contributed by atoms with Crippen molar-refractivity contribution in [3.05, 3.63) is 41.0 Å². The molecule has 2 aromatic heterocycles. The molecule has 5 nitrogen and oxygen atoms in total. The summed E-state index contributed by atoms with van der Waals surface area (Å²) in [6.07, 6.45) is 3.33. The van der Waals surface area contributed by atoms with Crippen LogP contribution in [0.2, 0.25) is 0 Å². The van der Waals surface area contributed by atoms with Crippen molar-refractivity contribution < 1.29 is 4.79 Å². The lowest BCUT2D eigenvalue weighted by atomic mass is 10.1. The Hall–Kier alpha value is -2.04. The molecule has 5 heteroatoms. The number of carbonyl (C=O) groups excluding carboxylic acids is 1. The van der Waals surface area contributed by atoms with Crippen molar-refractivity contribution in [1.82, 2.24) is 20.0 Å². The third-order valence-corrected chi connectivity index (χ3v) is 2.56. The number of aromatic nitrogens is 4. The average molecular weight is 230 g/mol. The Bertz CT molecular complexity index is 559. The van der Waals surface area contributed by atoms with Gasteiger partial charge in [-0.3, -0.25) is 9.48 Å². The highest BCUT2D eigenvalue weighted by Gasteiger charge is 2.15. The Morgan fingerprint density at radius 1 is 1.35 bits per heavy atom. The van der Waals surface area contributed by atoms with Gasteiger partial charge < -0.3 is 0 Å². The van der Waals surface area contributed by atoms with E-state index in [0.29, 0.717) is 16.8 Å². The van der Waals surface area contributed by atoms with Crippen LogP contribution in [0.25, 0.3) is 0 Å². The summed E-state index contributed by atoms with van der Waals surface area (Å²) in [5, 5.41) is 12.0. The molecule has 0 saturated carbocycles. The normalized spacial score (nSPS) is 10.5. The molecule has 2 heterocycles. The number of nitrogens with zero attached hydrogens (tertiary/aromatic N) is 4. The van der Waals surface area contributed by atoms with Gasteiger partial charge in [0.25, 0.3) is 0 Å². The minimum absolute atomic E-state index is 0.0554. The summed E-state index contributed by atoms with van der Waals surface area (Å²) in [6.45, 7) is 6.33. The van der Waals surface area contributed by atoms with Crippen molar-refractivity contribution in [3.8, 4) is 0 Å². The van der Waals surface area contributed by atoms with Crippen LogP contribution < -0.4 is 0 Å². The number of carbonyl (C=O) groups is 1. The monoisotopic (exact) mass is 230 g/mol. The lowest BCUT2D eigenvalue weighted by Crippen LogP contribution is -2.06. The van der Waals surface area contributed by atoms with Crippen LogP contribution in [0.1, 0.15) is 34.2 Å². The van der Waals surface area contributed by atoms with Crippen LogP contribution in [0.5, 0.6) is 0 Å². The molecule has 0 spiro atoms. The Kier molecular flexibility index (Phi) is 2.99. The van der Waals surface area contributed by atoms with E-state index in [0.717, 1.165) is 12.2 Å². The first kappa shape index (κ1) is 11.4. The summed E-state index contributed by atoms with van der Waals surface area (Å²) in [6, 6.07) is 1.76. The number of hydrogen-bond donors (Lipinski definition) is 0. The predicted octanol–water partition coefficient (Wildman–Crippen LogP) is 1.54. The van der Waals surface area contributed by atoms with Crippen LogP contribution in [-0.4, -0.2) is 25.8 Å². The molecule has 2 rings (SSSR count). The minimum Gasteiger partial charge on any atom is -0.288 e. The van der Waals surface area contributed by atoms with Crippen LogP contribution in [0.4, 0.5) is 0 Å². The first-order valence-corrected chi connectivity index (χ1v) is 5.50. The van der Waals surface area contributed by atoms with Crippen LogP contribution >= 0.6 is 0 Å². The highest BCUT2D eigenvalue weighted by Crippen LogP contribution is 2.12. The Morgan fingerprint density at radius 2 is 2.12 bits per heavy atom. The molecular formula is C12H14N4O. The SMILES string of the molecule is CCn1cc(C(=O)c2cc(C)nnc2C)cn1. The van der Waals surface area contributed by atoms with E-state index < -0.39 is 0 Å². The molecule has 0 aliphatic carbocycles. The smallest absolute Gasteiger partial charge is 0.198 e. The zero-order valence-corrected chi connectivity index (χ0v) is 10.1. The second kappa shape index (κ2) is 4.45. The van der Waals surface area contributed by atoms with Gasteiger partial charge in [0.2, 0.25) is 0 Å². The molecule has 0 saturated heterocycles. The third-order valence-electron chi connectivity index (χ3n) is 2.56. The molecule has 0 amide bonds. The van der Waals surface area contributed by atoms with Crippen molar-refractivity contribution >= 4 is 5.78 Å². The predicted molar refractivity (Wildman–Crippen MR) is 62.8 cm³/mol. The minimum atomic E-state index is -0.0554. The van der Waals surface area contributed by atoms with Gasteiger partial charge in [-0.2, -0.15) is 15.3 Å². The van der Waals surface area contributed by atoms with Gasteiger partial charge in [0.1, 0.15) is 0 Å². The first-order valence-electron chi connectivity index (χ1n) is 5.50. The second-order valence-corrected chi connectivity index (χ2v) is 3.90. The van der Waals surface area contributed by atoms with E-state index in [9.17, 15) is 4.79 Å². The summed E-state index contributed by atoms with van der Waals surface area (Å²) in [5.41, 5.74) is 2.56. The largest absolute Gasteiger partial charge is 0.288 e. The molecule has 0 aromatic carbocycles. The van der Waals surface area contributed by atoms with Crippen molar-refractivity contribution in [2.45, 2.75) is 27.3 Å². The zero-order valence-electron chi connectivity index (χ0n) is 10.1. The van der Waals surface area contributed by atoms with E-state index >= 15 is 0 Å². The Balaban J connectivity index is 2.39. The van der Waals surface area contributed by atoms with E-state index in [-0.39, 0.29) is 5.78 Å². The molecule has 88 valence electrons. The molecule has 0 aliphatic rings. The van der Waals surface area contributed by atoms with E-state index in [1.54, 1.807) is 30.1 Å². The molecule has 2 aromatic rings. The Labute approximate surface area is 99.5 Å². The number of rotatable bonds is 3. The van der Waals surface area contributed by atoms with E-state index in [4.69, 9.17) is 0 Å².